The molecule has 0 bridgehead atoms. The molecule has 0 aliphatic heterocycles. The first-order chi connectivity index (χ1) is 16.1. The van der Waals surface area contributed by atoms with Gasteiger partial charge in [-0.3, -0.25) is 0 Å². The summed E-state index contributed by atoms with van der Waals surface area (Å²) in [6, 6.07) is 14.6. The molecule has 3 rings (SSSR count). The van der Waals surface area contributed by atoms with Crippen LogP contribution in [-0.2, 0) is 0 Å². The van der Waals surface area contributed by atoms with E-state index in [1.807, 2.05) is 0 Å². The molecule has 0 unspecified atom stereocenters. The molecule has 3 aromatic rings. The lowest BCUT2D eigenvalue weighted by Crippen LogP contribution is -2.08. The summed E-state index contributed by atoms with van der Waals surface area (Å²) in [5.41, 5.74) is 2.01. The highest BCUT2D eigenvalue weighted by atomic mass is 16.7. The molecular formula is C22H14O12. The number of hydrogen-bond donors (Lipinski definition) is 4. The van der Waals surface area contributed by atoms with E-state index in [4.69, 9.17) is 20.4 Å². The molecule has 0 saturated carbocycles. The molecule has 0 aromatic heterocycles. The van der Waals surface area contributed by atoms with Crippen LogP contribution in [0.1, 0.15) is 0 Å². The number of carbonyl (C=O) groups is 4. The molecule has 0 aliphatic carbocycles. The second-order valence-corrected chi connectivity index (χ2v) is 6.38. The molecule has 0 saturated heterocycles. The van der Waals surface area contributed by atoms with Gasteiger partial charge in [0.2, 0.25) is 0 Å². The molecule has 4 N–H and O–H groups in total. The van der Waals surface area contributed by atoms with E-state index in [2.05, 4.69) is 18.9 Å². The number of rotatable bonds is 6. The molecule has 0 fully saturated rings. The zero-order chi connectivity index (χ0) is 24.8. The number of hydrogen-bond acceptors (Lipinski definition) is 8. The fraction of sp³-hybridized carbons (Fsp3) is 0. The summed E-state index contributed by atoms with van der Waals surface area (Å²) in [6.45, 7) is 0. The van der Waals surface area contributed by atoms with Crippen molar-refractivity contribution < 1.29 is 58.6 Å². The second-order valence-electron chi connectivity index (χ2n) is 6.38. The molecule has 0 heterocycles. The maximum Gasteiger partial charge on any atom is 0.511 e. The maximum atomic E-state index is 11.0. The van der Waals surface area contributed by atoms with E-state index in [9.17, 15) is 19.2 Å². The topological polar surface area (TPSA) is 186 Å². The van der Waals surface area contributed by atoms with Crippen LogP contribution in [0.3, 0.4) is 0 Å². The zero-order valence-electron chi connectivity index (χ0n) is 16.8. The Hall–Kier alpha value is -5.26. The van der Waals surface area contributed by atoms with Crippen LogP contribution >= 0.6 is 0 Å². The van der Waals surface area contributed by atoms with Crippen molar-refractivity contribution in [2.45, 2.75) is 0 Å². The summed E-state index contributed by atoms with van der Waals surface area (Å²) in [7, 11) is 0. The molecule has 12 nitrogen and oxygen atoms in total. The predicted molar refractivity (Wildman–Crippen MR) is 112 cm³/mol. The molecule has 0 radical (unpaired) electrons. The van der Waals surface area contributed by atoms with Crippen LogP contribution in [0, 0.1) is 0 Å². The Morgan fingerprint density at radius 1 is 0.441 bits per heavy atom. The van der Waals surface area contributed by atoms with Gasteiger partial charge in [-0.05, 0) is 52.6 Å². The summed E-state index contributed by atoms with van der Waals surface area (Å²) < 4.78 is 18.3. The molecule has 0 aliphatic rings. The Bertz CT molecular complexity index is 1190. The van der Waals surface area contributed by atoms with Crippen molar-refractivity contribution in [1.29, 1.82) is 0 Å². The Morgan fingerprint density at radius 2 is 0.765 bits per heavy atom. The number of benzene rings is 3. The van der Waals surface area contributed by atoms with Crippen molar-refractivity contribution in [3.8, 4) is 45.3 Å². The maximum absolute atomic E-state index is 11.0. The van der Waals surface area contributed by atoms with Crippen LogP contribution in [0.4, 0.5) is 19.2 Å². The minimum atomic E-state index is -1.67. The normalized spacial score (nSPS) is 10.1. The van der Waals surface area contributed by atoms with Crippen molar-refractivity contribution in [2.75, 3.05) is 0 Å². The van der Waals surface area contributed by atoms with E-state index < -0.39 is 24.6 Å². The van der Waals surface area contributed by atoms with Crippen LogP contribution in [0.25, 0.3) is 22.3 Å². The third-order valence-corrected chi connectivity index (χ3v) is 4.21. The average molecular weight is 470 g/mol. The summed E-state index contributed by atoms with van der Waals surface area (Å²) in [4.78, 5) is 43.6. The molecule has 12 heteroatoms. The van der Waals surface area contributed by atoms with Gasteiger partial charge in [0.1, 0.15) is 0 Å². The lowest BCUT2D eigenvalue weighted by Gasteiger charge is -2.12. The van der Waals surface area contributed by atoms with Gasteiger partial charge in [0.05, 0.1) is 0 Å². The summed E-state index contributed by atoms with van der Waals surface area (Å²) in [5, 5.41) is 35.4. The standard InChI is InChI=1S/C22H14O12/c23-19(24)31-15-6-4-13(9-17(15)33-21(27)28)11-2-1-3-12(8-11)14-5-7-16(32-20(25)26)18(10-14)34-22(29)30/h1-10H,(H,23,24)(H,25,26)(H,27,28)(H,29,30). The van der Waals surface area contributed by atoms with Crippen molar-refractivity contribution in [3.05, 3.63) is 60.7 Å². The SMILES string of the molecule is O=C(O)Oc1ccc(-c2cccc(-c3ccc(OC(=O)O)c(OC(=O)O)c3)c2)cc1OC(=O)O. The van der Waals surface area contributed by atoms with Crippen molar-refractivity contribution in [2.24, 2.45) is 0 Å². The second kappa shape index (κ2) is 9.91. The first-order valence-corrected chi connectivity index (χ1v) is 9.14. The first kappa shape index (κ1) is 23.4. The van der Waals surface area contributed by atoms with Gasteiger partial charge in [-0.2, -0.15) is 0 Å². The van der Waals surface area contributed by atoms with Crippen LogP contribution in [0.5, 0.6) is 23.0 Å². The molecule has 0 spiro atoms. The predicted octanol–water partition coefficient (Wildman–Crippen LogP) is 5.25. The van der Waals surface area contributed by atoms with Gasteiger partial charge in [0, 0.05) is 0 Å². The smallest absolute Gasteiger partial charge is 0.449 e. The lowest BCUT2D eigenvalue weighted by molar-refractivity contribution is 0.132. The van der Waals surface area contributed by atoms with Gasteiger partial charge in [-0.25, -0.2) is 19.2 Å². The summed E-state index contributed by atoms with van der Waals surface area (Å²) in [6.07, 6.45) is -6.65. The van der Waals surface area contributed by atoms with Crippen molar-refractivity contribution in [3.63, 3.8) is 0 Å². The van der Waals surface area contributed by atoms with E-state index in [-0.39, 0.29) is 23.0 Å². The largest absolute Gasteiger partial charge is 0.511 e. The van der Waals surface area contributed by atoms with Crippen molar-refractivity contribution in [1.82, 2.24) is 0 Å². The third kappa shape index (κ3) is 5.91. The molecule has 0 amide bonds. The van der Waals surface area contributed by atoms with Gasteiger partial charge in [-0.1, -0.05) is 30.3 Å². The third-order valence-electron chi connectivity index (χ3n) is 4.21. The Morgan fingerprint density at radius 3 is 1.12 bits per heavy atom. The van der Waals surface area contributed by atoms with Gasteiger partial charge in [-0.15, -0.1) is 0 Å². The highest BCUT2D eigenvalue weighted by Gasteiger charge is 2.16. The molecule has 174 valence electrons. The molecule has 0 atom stereocenters. The first-order valence-electron chi connectivity index (χ1n) is 9.14. The van der Waals surface area contributed by atoms with Crippen LogP contribution in [0.2, 0.25) is 0 Å². The van der Waals surface area contributed by atoms with E-state index in [0.29, 0.717) is 22.3 Å². The minimum absolute atomic E-state index is 0.320. The summed E-state index contributed by atoms with van der Waals surface area (Å²) in [5.74, 6) is -1.33. The Labute approximate surface area is 189 Å². The average Bonchev–Trinajstić information content (AvgIpc) is 2.75. The number of carboxylic acid groups (broad SMARTS) is 4. The van der Waals surface area contributed by atoms with E-state index in [1.54, 1.807) is 24.3 Å². The van der Waals surface area contributed by atoms with Gasteiger partial charge >= 0.3 is 24.6 Å². The Balaban J connectivity index is 2.02. The van der Waals surface area contributed by atoms with Gasteiger partial charge < -0.3 is 39.4 Å². The van der Waals surface area contributed by atoms with Crippen molar-refractivity contribution >= 4 is 24.6 Å². The highest BCUT2D eigenvalue weighted by molar-refractivity contribution is 5.78. The van der Waals surface area contributed by atoms with Crippen LogP contribution in [-0.4, -0.2) is 45.0 Å². The summed E-state index contributed by atoms with van der Waals surface area (Å²) >= 11 is 0. The van der Waals surface area contributed by atoms with Crippen LogP contribution in [0.15, 0.2) is 60.7 Å². The Kier molecular flexibility index (Phi) is 6.82. The molecular weight excluding hydrogens is 456 g/mol. The van der Waals surface area contributed by atoms with Gasteiger partial charge in [0.15, 0.2) is 23.0 Å². The van der Waals surface area contributed by atoms with Crippen LogP contribution < -0.4 is 18.9 Å². The lowest BCUT2D eigenvalue weighted by atomic mass is 9.98. The fourth-order valence-corrected chi connectivity index (χ4v) is 2.96. The van der Waals surface area contributed by atoms with E-state index in [1.165, 1.54) is 36.4 Å². The monoisotopic (exact) mass is 470 g/mol. The number of ether oxygens (including phenoxy) is 4. The zero-order valence-corrected chi connectivity index (χ0v) is 16.8. The minimum Gasteiger partial charge on any atom is -0.449 e. The molecule has 34 heavy (non-hydrogen) atoms. The molecule has 3 aromatic carbocycles. The van der Waals surface area contributed by atoms with E-state index >= 15 is 0 Å². The highest BCUT2D eigenvalue weighted by Crippen LogP contribution is 2.37. The van der Waals surface area contributed by atoms with E-state index in [0.717, 1.165) is 0 Å². The van der Waals surface area contributed by atoms with Gasteiger partial charge in [0.25, 0.3) is 0 Å². The quantitative estimate of drug-likeness (QED) is 0.271. The fourth-order valence-electron chi connectivity index (χ4n) is 2.96.